The van der Waals surface area contributed by atoms with Crippen LogP contribution in [0.3, 0.4) is 0 Å². The first-order chi connectivity index (χ1) is 26.8. The molecule has 0 atom stereocenters. The predicted molar refractivity (Wildman–Crippen MR) is 208 cm³/mol. The fourth-order valence-electron chi connectivity index (χ4n) is 9.13. The first-order valence-electron chi connectivity index (χ1n) is 19.0. The zero-order valence-electron chi connectivity index (χ0n) is 32.4. The molecular formula is C40H47N11O5. The number of piperazine rings is 1. The molecule has 3 aliphatic heterocycles. The molecule has 16 nitrogen and oxygen atoms in total. The van der Waals surface area contributed by atoms with E-state index < -0.39 is 6.03 Å². The summed E-state index contributed by atoms with van der Waals surface area (Å²) in [6.07, 6.45) is 6.89. The van der Waals surface area contributed by atoms with Gasteiger partial charge in [0.15, 0.2) is 0 Å². The zero-order valence-corrected chi connectivity index (χ0v) is 32.4. The number of amides is 4. The van der Waals surface area contributed by atoms with Crippen molar-refractivity contribution in [3.05, 3.63) is 66.2 Å². The Bertz CT molecular complexity index is 2180. The van der Waals surface area contributed by atoms with Crippen molar-refractivity contribution in [1.82, 2.24) is 34.9 Å². The number of carbonyl (C=O) groups is 3. The molecule has 0 bridgehead atoms. The molecule has 1 aliphatic carbocycles. The Morgan fingerprint density at radius 3 is 2.38 bits per heavy atom. The molecule has 1 saturated carbocycles. The van der Waals surface area contributed by atoms with Crippen LogP contribution < -0.4 is 34.8 Å². The molecule has 4 amide bonds. The standard InChI is InChI=1S/C40H47N11O5/c1-39(2)35(40(3,4)36(39)56-29-7-6-26(18-41)30(17-29)55-5)46-34(53)27-19-43-37(44-20-27)49-23-25(24-49)22-47-12-14-48(15-13-47)28-8-10-50-31(16-28)42-21-33(50)51-11-9-32(52)45-38(51)54/h6-8,10,16-17,19-21,25,35-36H,9,11-15,22-24H2,1-5H3,(H,46,53)(H,45,52,54). The van der Waals surface area contributed by atoms with E-state index in [4.69, 9.17) is 9.47 Å². The summed E-state index contributed by atoms with van der Waals surface area (Å²) in [5, 5.41) is 14.9. The Kier molecular flexibility index (Phi) is 9.43. The second-order valence-electron chi connectivity index (χ2n) is 16.3. The Morgan fingerprint density at radius 2 is 1.70 bits per heavy atom. The van der Waals surface area contributed by atoms with Crippen molar-refractivity contribution in [2.45, 2.75) is 46.3 Å². The van der Waals surface area contributed by atoms with Crippen molar-refractivity contribution in [3.63, 3.8) is 0 Å². The molecule has 0 unspecified atom stereocenters. The topological polar surface area (TPSA) is 174 Å². The summed E-state index contributed by atoms with van der Waals surface area (Å²) in [5.74, 6) is 2.38. The summed E-state index contributed by atoms with van der Waals surface area (Å²) in [5.41, 5.74) is 1.95. The Morgan fingerprint density at radius 1 is 0.964 bits per heavy atom. The fraction of sp³-hybridized carbons (Fsp3) is 0.475. The molecule has 0 radical (unpaired) electrons. The molecule has 0 spiro atoms. The number of hydrogen-bond acceptors (Lipinski definition) is 12. The minimum Gasteiger partial charge on any atom is -0.495 e. The maximum atomic E-state index is 13.4. The van der Waals surface area contributed by atoms with Crippen LogP contribution in [0.1, 0.15) is 50.0 Å². The summed E-state index contributed by atoms with van der Waals surface area (Å²) in [7, 11) is 1.53. The van der Waals surface area contributed by atoms with Crippen LogP contribution in [-0.2, 0) is 4.79 Å². The van der Waals surface area contributed by atoms with Crippen LogP contribution in [-0.4, -0.2) is 114 Å². The van der Waals surface area contributed by atoms with Crippen LogP contribution in [0.15, 0.2) is 55.1 Å². The molecule has 2 N–H and O–H groups in total. The molecule has 292 valence electrons. The van der Waals surface area contributed by atoms with Crippen molar-refractivity contribution < 1.29 is 23.9 Å². The second-order valence-corrected chi connectivity index (χ2v) is 16.3. The molecular weight excluding hydrogens is 715 g/mol. The molecule has 6 heterocycles. The number of nitrogens with zero attached hydrogens (tertiary/aromatic N) is 9. The van der Waals surface area contributed by atoms with E-state index in [-0.39, 0.29) is 41.2 Å². The normalized spacial score (nSPS) is 22.2. The number of nitrogens with one attached hydrogen (secondary N) is 2. The lowest BCUT2D eigenvalue weighted by molar-refractivity contribution is -0.164. The highest BCUT2D eigenvalue weighted by atomic mass is 16.5. The molecule has 4 aliphatic rings. The lowest BCUT2D eigenvalue weighted by Gasteiger charge is -2.63. The first-order valence-corrected chi connectivity index (χ1v) is 19.0. The number of hydrogen-bond donors (Lipinski definition) is 2. The molecule has 4 aromatic rings. The van der Waals surface area contributed by atoms with Crippen LogP contribution in [0.25, 0.3) is 5.65 Å². The third kappa shape index (κ3) is 6.69. The van der Waals surface area contributed by atoms with Crippen LogP contribution >= 0.6 is 0 Å². The number of aromatic nitrogens is 4. The fourth-order valence-corrected chi connectivity index (χ4v) is 9.13. The number of imide groups is 1. The molecule has 16 heteroatoms. The summed E-state index contributed by atoms with van der Waals surface area (Å²) in [4.78, 5) is 59.6. The zero-order chi connectivity index (χ0) is 39.4. The number of carbonyl (C=O) groups excluding carboxylic acids is 3. The average Bonchev–Trinajstić information content (AvgIpc) is 3.60. The van der Waals surface area contributed by atoms with Gasteiger partial charge in [-0.1, -0.05) is 27.7 Å². The minimum atomic E-state index is -0.424. The Hall–Kier alpha value is -5.95. The molecule has 4 fully saturated rings. The number of rotatable bonds is 10. The van der Waals surface area contributed by atoms with Gasteiger partial charge in [-0.05, 0) is 18.2 Å². The number of methoxy groups -OCH3 is 1. The Labute approximate surface area is 325 Å². The monoisotopic (exact) mass is 761 g/mol. The summed E-state index contributed by atoms with van der Waals surface area (Å²) in [6, 6.07) is 10.8. The molecule has 3 saturated heterocycles. The van der Waals surface area contributed by atoms with Gasteiger partial charge in [-0.2, -0.15) is 5.26 Å². The van der Waals surface area contributed by atoms with E-state index in [1.54, 1.807) is 41.7 Å². The van der Waals surface area contributed by atoms with Gasteiger partial charge in [-0.25, -0.2) is 19.7 Å². The van der Waals surface area contributed by atoms with Gasteiger partial charge in [0.05, 0.1) is 24.4 Å². The number of benzene rings is 1. The highest BCUT2D eigenvalue weighted by Gasteiger charge is 2.64. The predicted octanol–water partition coefficient (Wildman–Crippen LogP) is 3.32. The van der Waals surface area contributed by atoms with Crippen molar-refractivity contribution >= 4 is 40.9 Å². The van der Waals surface area contributed by atoms with Gasteiger partial charge in [-0.15, -0.1) is 0 Å². The van der Waals surface area contributed by atoms with Crippen molar-refractivity contribution in [3.8, 4) is 17.6 Å². The van der Waals surface area contributed by atoms with E-state index in [1.807, 2.05) is 16.7 Å². The van der Waals surface area contributed by atoms with Crippen molar-refractivity contribution in [1.29, 1.82) is 5.26 Å². The van der Waals surface area contributed by atoms with Gasteiger partial charge < -0.3 is 24.6 Å². The number of nitriles is 1. The molecule has 1 aromatic carbocycles. The largest absolute Gasteiger partial charge is 0.495 e. The second kappa shape index (κ2) is 14.3. The van der Waals surface area contributed by atoms with Crippen LogP contribution in [0.2, 0.25) is 0 Å². The van der Waals surface area contributed by atoms with E-state index >= 15 is 0 Å². The smallest absolute Gasteiger partial charge is 0.329 e. The maximum Gasteiger partial charge on any atom is 0.329 e. The summed E-state index contributed by atoms with van der Waals surface area (Å²) >= 11 is 0. The average molecular weight is 762 g/mol. The van der Waals surface area contributed by atoms with Gasteiger partial charge in [0.25, 0.3) is 5.91 Å². The van der Waals surface area contributed by atoms with Crippen molar-refractivity contribution in [2.24, 2.45) is 16.7 Å². The summed E-state index contributed by atoms with van der Waals surface area (Å²) < 4.78 is 13.7. The molecule has 56 heavy (non-hydrogen) atoms. The van der Waals surface area contributed by atoms with Gasteiger partial charge in [0.1, 0.15) is 35.1 Å². The van der Waals surface area contributed by atoms with E-state index in [0.29, 0.717) is 46.9 Å². The van der Waals surface area contributed by atoms with Crippen LogP contribution in [0.4, 0.5) is 22.2 Å². The number of imidazole rings is 1. The third-order valence-corrected chi connectivity index (χ3v) is 11.9. The molecule has 3 aromatic heterocycles. The van der Waals surface area contributed by atoms with E-state index in [1.165, 1.54) is 7.11 Å². The van der Waals surface area contributed by atoms with Crippen molar-refractivity contribution in [2.75, 3.05) is 74.2 Å². The quantitative estimate of drug-likeness (QED) is 0.242. The first kappa shape index (κ1) is 37.0. The molecule has 8 rings (SSSR count). The van der Waals surface area contributed by atoms with E-state index in [0.717, 1.165) is 57.1 Å². The SMILES string of the molecule is COc1cc(OC2C(C)(C)C(NC(=O)c3cnc(N4CC(CN5CCN(c6ccn7c(N8CCC(=O)NC8=O)cnc7c6)CC5)C4)nc3)C2(C)C)ccc1C#N. The van der Waals surface area contributed by atoms with Gasteiger partial charge in [0.2, 0.25) is 11.9 Å². The number of urea groups is 1. The summed E-state index contributed by atoms with van der Waals surface area (Å²) in [6.45, 7) is 15.1. The number of fused-ring (bicyclic) bond motifs is 1. The van der Waals surface area contributed by atoms with E-state index in [9.17, 15) is 19.6 Å². The van der Waals surface area contributed by atoms with E-state index in [2.05, 4.69) is 80.1 Å². The van der Waals surface area contributed by atoms with Gasteiger partial charge in [0, 0.05) is 118 Å². The van der Waals surface area contributed by atoms with Gasteiger partial charge >= 0.3 is 6.03 Å². The number of ether oxygens (including phenoxy) is 2. The highest BCUT2D eigenvalue weighted by Crippen LogP contribution is 2.55. The lowest BCUT2D eigenvalue weighted by atomic mass is 9.49. The number of anilines is 3. The van der Waals surface area contributed by atoms with Crippen LogP contribution in [0.5, 0.6) is 11.5 Å². The maximum absolute atomic E-state index is 13.4. The highest BCUT2D eigenvalue weighted by molar-refractivity contribution is 6.05. The number of pyridine rings is 1. The Balaban J connectivity index is 0.792. The minimum absolute atomic E-state index is 0.163. The van der Waals surface area contributed by atoms with Crippen LogP contribution in [0, 0.1) is 28.1 Å². The third-order valence-electron chi connectivity index (χ3n) is 11.9. The van der Waals surface area contributed by atoms with Gasteiger partial charge in [-0.3, -0.25) is 29.1 Å². The lowest BCUT2D eigenvalue weighted by Crippen LogP contribution is -2.74.